The molecule has 4 nitrogen and oxygen atoms in total. The van der Waals surface area contributed by atoms with Crippen LogP contribution in [0, 0.1) is 5.41 Å². The summed E-state index contributed by atoms with van der Waals surface area (Å²) in [5.74, 6) is 0.00619. The van der Waals surface area contributed by atoms with E-state index in [0.29, 0.717) is 13.2 Å². The van der Waals surface area contributed by atoms with E-state index in [9.17, 15) is 4.79 Å². The Kier molecular flexibility index (Phi) is 6.81. The van der Waals surface area contributed by atoms with Gasteiger partial charge in [0.15, 0.2) is 6.40 Å². The van der Waals surface area contributed by atoms with E-state index in [1.165, 1.54) is 43.8 Å². The Labute approximate surface area is 188 Å². The summed E-state index contributed by atoms with van der Waals surface area (Å²) in [6, 6.07) is 26.1. The van der Waals surface area contributed by atoms with Crippen molar-refractivity contribution in [3.63, 3.8) is 0 Å². The topological polar surface area (TPSA) is 62.2 Å². The largest absolute Gasteiger partial charge is 0.484 e. The molecule has 2 N–H and O–H groups in total. The van der Waals surface area contributed by atoms with E-state index in [-0.39, 0.29) is 5.91 Å². The molecule has 0 spiro atoms. The molecule has 0 unspecified atom stereocenters. The number of amides is 1. The van der Waals surface area contributed by atoms with Gasteiger partial charge in [0, 0.05) is 13.5 Å². The van der Waals surface area contributed by atoms with Crippen LogP contribution in [0.25, 0.3) is 32.7 Å². The SMILES string of the molecule is CC(=O)NCCc1cccc2cc(-c3ccc4c(CCCOC=N)cccc4c3)ccc12. The third-order valence-electron chi connectivity index (χ3n) is 5.83. The zero-order chi connectivity index (χ0) is 22.3. The van der Waals surface area contributed by atoms with Crippen LogP contribution in [-0.4, -0.2) is 25.5 Å². The summed E-state index contributed by atoms with van der Waals surface area (Å²) in [7, 11) is 0. The van der Waals surface area contributed by atoms with Crippen molar-refractivity contribution >= 4 is 33.9 Å². The van der Waals surface area contributed by atoms with Crippen molar-refractivity contribution in [2.75, 3.05) is 13.2 Å². The maximum atomic E-state index is 11.2. The molecule has 1 amide bonds. The fourth-order valence-corrected chi connectivity index (χ4v) is 4.27. The lowest BCUT2D eigenvalue weighted by atomic mass is 9.94. The summed E-state index contributed by atoms with van der Waals surface area (Å²) in [4.78, 5) is 11.2. The third kappa shape index (κ3) is 4.97. The Hall–Kier alpha value is -3.66. The number of fused-ring (bicyclic) bond motifs is 2. The van der Waals surface area contributed by atoms with Crippen LogP contribution < -0.4 is 5.32 Å². The van der Waals surface area contributed by atoms with Crippen LogP contribution in [0.15, 0.2) is 72.8 Å². The van der Waals surface area contributed by atoms with E-state index < -0.39 is 0 Å². The molecule has 0 aromatic heterocycles. The van der Waals surface area contributed by atoms with Gasteiger partial charge in [-0.25, -0.2) is 0 Å². The number of carbonyl (C=O) groups is 1. The minimum atomic E-state index is 0.00619. The number of carbonyl (C=O) groups excluding carboxylic acids is 1. The summed E-state index contributed by atoms with van der Waals surface area (Å²) < 4.78 is 5.04. The molecular formula is C28H28N2O2. The van der Waals surface area contributed by atoms with Gasteiger partial charge in [-0.2, -0.15) is 0 Å². The van der Waals surface area contributed by atoms with Crippen LogP contribution in [0.5, 0.6) is 0 Å². The van der Waals surface area contributed by atoms with Crippen molar-refractivity contribution in [1.29, 1.82) is 5.41 Å². The molecule has 0 heterocycles. The van der Waals surface area contributed by atoms with E-state index in [2.05, 4.69) is 78.1 Å². The second kappa shape index (κ2) is 10.1. The second-order valence-electron chi connectivity index (χ2n) is 8.03. The molecule has 4 heteroatoms. The summed E-state index contributed by atoms with van der Waals surface area (Å²) in [6.07, 6.45) is 3.65. The zero-order valence-electron chi connectivity index (χ0n) is 18.4. The van der Waals surface area contributed by atoms with Crippen LogP contribution >= 0.6 is 0 Å². The first kappa shape index (κ1) is 21.6. The summed E-state index contributed by atoms with van der Waals surface area (Å²) in [5.41, 5.74) is 4.96. The Morgan fingerprint density at radius 2 is 1.47 bits per heavy atom. The third-order valence-corrected chi connectivity index (χ3v) is 5.83. The Morgan fingerprint density at radius 3 is 2.03 bits per heavy atom. The molecule has 0 bridgehead atoms. The van der Waals surface area contributed by atoms with Crippen molar-refractivity contribution in [1.82, 2.24) is 5.32 Å². The molecule has 162 valence electrons. The summed E-state index contributed by atoms with van der Waals surface area (Å²) in [6.45, 7) is 2.77. The van der Waals surface area contributed by atoms with Crippen molar-refractivity contribution in [2.24, 2.45) is 0 Å². The van der Waals surface area contributed by atoms with Gasteiger partial charge in [-0.15, -0.1) is 0 Å². The average molecular weight is 425 g/mol. The number of hydrogen-bond acceptors (Lipinski definition) is 3. The first-order valence-electron chi connectivity index (χ1n) is 11.0. The highest BCUT2D eigenvalue weighted by molar-refractivity contribution is 5.93. The highest BCUT2D eigenvalue weighted by Gasteiger charge is 2.07. The molecule has 4 aromatic carbocycles. The molecule has 0 radical (unpaired) electrons. The van der Waals surface area contributed by atoms with E-state index in [0.717, 1.165) is 25.7 Å². The highest BCUT2D eigenvalue weighted by Crippen LogP contribution is 2.30. The first-order chi connectivity index (χ1) is 15.7. The fraction of sp³-hybridized carbons (Fsp3) is 0.214. The van der Waals surface area contributed by atoms with E-state index in [1.54, 1.807) is 6.92 Å². The zero-order valence-corrected chi connectivity index (χ0v) is 18.4. The van der Waals surface area contributed by atoms with Gasteiger partial charge in [-0.3, -0.25) is 10.2 Å². The Balaban J connectivity index is 1.60. The lowest BCUT2D eigenvalue weighted by Crippen LogP contribution is -2.22. The number of hydrogen-bond donors (Lipinski definition) is 2. The highest BCUT2D eigenvalue weighted by atomic mass is 16.5. The first-order valence-corrected chi connectivity index (χ1v) is 11.0. The number of ether oxygens (including phenoxy) is 1. The predicted octanol–water partition coefficient (Wildman–Crippen LogP) is 5.89. The van der Waals surface area contributed by atoms with Gasteiger partial charge in [-0.05, 0) is 75.2 Å². The molecule has 0 fully saturated rings. The lowest BCUT2D eigenvalue weighted by molar-refractivity contribution is -0.118. The van der Waals surface area contributed by atoms with Crippen LogP contribution in [-0.2, 0) is 22.4 Å². The molecular weight excluding hydrogens is 396 g/mol. The van der Waals surface area contributed by atoms with Crippen molar-refractivity contribution in [3.05, 3.63) is 83.9 Å². The average Bonchev–Trinajstić information content (AvgIpc) is 2.81. The van der Waals surface area contributed by atoms with Crippen molar-refractivity contribution in [2.45, 2.75) is 26.2 Å². The van der Waals surface area contributed by atoms with Gasteiger partial charge < -0.3 is 10.1 Å². The number of nitrogens with one attached hydrogen (secondary N) is 2. The van der Waals surface area contributed by atoms with Crippen LogP contribution in [0.1, 0.15) is 24.5 Å². The van der Waals surface area contributed by atoms with Gasteiger partial charge >= 0.3 is 0 Å². The maximum Gasteiger partial charge on any atom is 0.216 e. The Morgan fingerprint density at radius 1 is 0.875 bits per heavy atom. The summed E-state index contributed by atoms with van der Waals surface area (Å²) in [5, 5.41) is 14.8. The molecule has 0 aliphatic heterocycles. The van der Waals surface area contributed by atoms with Crippen LogP contribution in [0.2, 0.25) is 0 Å². The van der Waals surface area contributed by atoms with Crippen molar-refractivity contribution in [3.8, 4) is 11.1 Å². The smallest absolute Gasteiger partial charge is 0.216 e. The van der Waals surface area contributed by atoms with E-state index in [4.69, 9.17) is 10.1 Å². The molecule has 0 aliphatic carbocycles. The lowest BCUT2D eigenvalue weighted by Gasteiger charge is -2.11. The molecule has 0 atom stereocenters. The molecule has 0 saturated carbocycles. The van der Waals surface area contributed by atoms with Gasteiger partial charge in [-0.1, -0.05) is 60.7 Å². The molecule has 4 rings (SSSR count). The van der Waals surface area contributed by atoms with Gasteiger partial charge in [0.25, 0.3) is 0 Å². The minimum absolute atomic E-state index is 0.00619. The van der Waals surface area contributed by atoms with Gasteiger partial charge in [0.05, 0.1) is 6.61 Å². The molecule has 4 aromatic rings. The molecule has 0 saturated heterocycles. The second-order valence-corrected chi connectivity index (χ2v) is 8.03. The molecule has 32 heavy (non-hydrogen) atoms. The monoisotopic (exact) mass is 424 g/mol. The minimum Gasteiger partial charge on any atom is -0.484 e. The van der Waals surface area contributed by atoms with E-state index in [1.807, 2.05) is 0 Å². The van der Waals surface area contributed by atoms with Gasteiger partial charge in [0.2, 0.25) is 5.91 Å². The number of rotatable bonds is 9. The number of benzene rings is 4. The summed E-state index contributed by atoms with van der Waals surface area (Å²) >= 11 is 0. The van der Waals surface area contributed by atoms with E-state index >= 15 is 0 Å². The quantitative estimate of drug-likeness (QED) is 0.200. The number of aryl methyl sites for hydroxylation is 1. The van der Waals surface area contributed by atoms with Crippen LogP contribution in [0.3, 0.4) is 0 Å². The van der Waals surface area contributed by atoms with Gasteiger partial charge in [0.1, 0.15) is 0 Å². The standard InChI is InChI=1S/C28H28N2O2/c1-20(31)30-15-14-22-6-3-8-26-18-24(11-13-28(22)26)23-10-12-27-21(9-4-16-32-19-29)5-2-7-25(27)17-23/h2-3,5-8,10-13,17-19,29H,4,9,14-16H2,1H3,(H,30,31). The predicted molar refractivity (Wildman–Crippen MR) is 132 cm³/mol. The molecule has 0 aliphatic rings. The van der Waals surface area contributed by atoms with Crippen LogP contribution in [0.4, 0.5) is 0 Å². The van der Waals surface area contributed by atoms with Crippen molar-refractivity contribution < 1.29 is 9.53 Å². The normalized spacial score (nSPS) is 10.9. The fourth-order valence-electron chi connectivity index (χ4n) is 4.27. The Bertz CT molecular complexity index is 1260. The maximum absolute atomic E-state index is 11.2.